The Morgan fingerprint density at radius 1 is 1.16 bits per heavy atom. The number of hydrogen-bond donors (Lipinski definition) is 1. The molecule has 154 valence electrons. The Morgan fingerprint density at radius 2 is 1.94 bits per heavy atom. The van der Waals surface area contributed by atoms with Crippen molar-refractivity contribution in [2.24, 2.45) is 5.10 Å². The first-order chi connectivity index (χ1) is 14.8. The summed E-state index contributed by atoms with van der Waals surface area (Å²) in [6.45, 7) is 1.66. The van der Waals surface area contributed by atoms with Gasteiger partial charge in [-0.1, -0.05) is 18.2 Å². The van der Waals surface area contributed by atoms with Crippen LogP contribution in [0.25, 0.3) is 17.4 Å². The lowest BCUT2D eigenvalue weighted by atomic mass is 10.1. The molecule has 0 saturated heterocycles. The van der Waals surface area contributed by atoms with Crippen LogP contribution in [0.3, 0.4) is 0 Å². The third-order valence-electron chi connectivity index (χ3n) is 4.66. The standard InChI is InChI=1S/C22H15N3O6/c1-13-19(21(26)24(23-13)16-6-3-5-15(11-16)22(27)28)12-18-8-9-20(31-18)14-4-2-7-17(10-14)25(29)30/h2-12H,1H3,(H,27,28)/b19-12+. The molecular formula is C22H15N3O6. The van der Waals surface area contributed by atoms with Gasteiger partial charge in [0, 0.05) is 17.7 Å². The Kier molecular flexibility index (Phi) is 4.92. The van der Waals surface area contributed by atoms with Gasteiger partial charge < -0.3 is 9.52 Å². The molecule has 1 aliphatic rings. The lowest BCUT2D eigenvalue weighted by Gasteiger charge is -2.12. The number of nitro groups is 1. The number of carboxylic acids is 1. The molecule has 9 nitrogen and oxygen atoms in total. The second-order valence-electron chi connectivity index (χ2n) is 6.73. The quantitative estimate of drug-likeness (QED) is 0.373. The number of benzene rings is 2. The maximum absolute atomic E-state index is 12.9. The fourth-order valence-corrected chi connectivity index (χ4v) is 3.13. The number of non-ortho nitro benzene ring substituents is 1. The molecule has 2 heterocycles. The van der Waals surface area contributed by atoms with E-state index in [2.05, 4.69) is 5.10 Å². The van der Waals surface area contributed by atoms with Gasteiger partial charge in [-0.3, -0.25) is 14.9 Å². The highest BCUT2D eigenvalue weighted by molar-refractivity contribution is 6.32. The molecule has 1 aromatic heterocycles. The summed E-state index contributed by atoms with van der Waals surface area (Å²) in [6, 6.07) is 15.3. The fourth-order valence-electron chi connectivity index (χ4n) is 3.13. The van der Waals surface area contributed by atoms with Gasteiger partial charge in [0.1, 0.15) is 11.5 Å². The topological polar surface area (TPSA) is 126 Å². The van der Waals surface area contributed by atoms with E-state index >= 15 is 0 Å². The first-order valence-corrected chi connectivity index (χ1v) is 9.13. The van der Waals surface area contributed by atoms with Crippen LogP contribution in [-0.2, 0) is 4.79 Å². The predicted octanol–water partition coefficient (Wildman–Crippen LogP) is 4.36. The van der Waals surface area contributed by atoms with Crippen molar-refractivity contribution in [2.45, 2.75) is 6.92 Å². The number of carboxylic acid groups (broad SMARTS) is 1. The highest BCUT2D eigenvalue weighted by Gasteiger charge is 2.29. The van der Waals surface area contributed by atoms with Crippen molar-refractivity contribution in [3.8, 4) is 11.3 Å². The molecule has 0 radical (unpaired) electrons. The number of amides is 1. The van der Waals surface area contributed by atoms with Gasteiger partial charge >= 0.3 is 5.97 Å². The summed E-state index contributed by atoms with van der Waals surface area (Å²) in [6.07, 6.45) is 1.53. The Bertz CT molecular complexity index is 1290. The second-order valence-corrected chi connectivity index (χ2v) is 6.73. The van der Waals surface area contributed by atoms with Crippen LogP contribution in [0.15, 0.2) is 75.8 Å². The summed E-state index contributed by atoms with van der Waals surface area (Å²) in [4.78, 5) is 34.6. The SMILES string of the molecule is CC1=NN(c2cccc(C(=O)O)c2)C(=O)/C1=C/c1ccc(-c2cccc([N+](=O)[O-])c2)o1. The molecule has 0 unspecified atom stereocenters. The van der Waals surface area contributed by atoms with E-state index in [1.807, 2.05) is 0 Å². The van der Waals surface area contributed by atoms with Crippen LogP contribution in [0.5, 0.6) is 0 Å². The Labute approximate surface area is 175 Å². The summed E-state index contributed by atoms with van der Waals surface area (Å²) < 4.78 is 5.75. The molecule has 3 aromatic rings. The van der Waals surface area contributed by atoms with Crippen molar-refractivity contribution in [1.29, 1.82) is 0 Å². The number of nitro benzene ring substituents is 1. The van der Waals surface area contributed by atoms with E-state index in [1.54, 1.807) is 37.3 Å². The highest BCUT2D eigenvalue weighted by Crippen LogP contribution is 2.29. The van der Waals surface area contributed by atoms with Crippen molar-refractivity contribution in [1.82, 2.24) is 0 Å². The number of furan rings is 1. The largest absolute Gasteiger partial charge is 0.478 e. The molecule has 0 fully saturated rings. The number of nitrogens with zero attached hydrogens (tertiary/aromatic N) is 3. The smallest absolute Gasteiger partial charge is 0.335 e. The van der Waals surface area contributed by atoms with Crippen LogP contribution >= 0.6 is 0 Å². The Hall–Kier alpha value is -4.53. The van der Waals surface area contributed by atoms with Crippen molar-refractivity contribution >= 4 is 35.0 Å². The van der Waals surface area contributed by atoms with E-state index < -0.39 is 16.8 Å². The first kappa shape index (κ1) is 19.8. The normalized spacial score (nSPS) is 14.7. The van der Waals surface area contributed by atoms with Gasteiger partial charge in [0.05, 0.1) is 27.5 Å². The third kappa shape index (κ3) is 3.84. The molecule has 1 aliphatic heterocycles. The van der Waals surface area contributed by atoms with E-state index in [4.69, 9.17) is 9.52 Å². The van der Waals surface area contributed by atoms with Gasteiger partial charge in [-0.25, -0.2) is 4.79 Å². The summed E-state index contributed by atoms with van der Waals surface area (Å²) in [5.74, 6) is -0.732. The van der Waals surface area contributed by atoms with E-state index in [1.165, 1.54) is 36.4 Å². The van der Waals surface area contributed by atoms with E-state index in [0.29, 0.717) is 34.1 Å². The van der Waals surface area contributed by atoms with Crippen LogP contribution in [0.4, 0.5) is 11.4 Å². The minimum absolute atomic E-state index is 0.0446. The number of aromatic carboxylic acids is 1. The van der Waals surface area contributed by atoms with Gasteiger partial charge in [0.2, 0.25) is 0 Å². The average molecular weight is 417 g/mol. The number of carbonyl (C=O) groups excluding carboxylic acids is 1. The van der Waals surface area contributed by atoms with E-state index in [0.717, 1.165) is 5.01 Å². The predicted molar refractivity (Wildman–Crippen MR) is 113 cm³/mol. The number of rotatable bonds is 5. The van der Waals surface area contributed by atoms with Gasteiger partial charge in [0.25, 0.3) is 11.6 Å². The van der Waals surface area contributed by atoms with Crippen LogP contribution in [0, 0.1) is 10.1 Å². The first-order valence-electron chi connectivity index (χ1n) is 9.13. The zero-order valence-corrected chi connectivity index (χ0v) is 16.2. The number of hydrogen-bond acceptors (Lipinski definition) is 6. The average Bonchev–Trinajstić information content (AvgIpc) is 3.34. The maximum atomic E-state index is 12.9. The molecule has 0 bridgehead atoms. The van der Waals surface area contributed by atoms with Crippen molar-refractivity contribution in [3.05, 3.63) is 87.7 Å². The van der Waals surface area contributed by atoms with E-state index in [-0.39, 0.29) is 11.3 Å². The molecule has 9 heteroatoms. The van der Waals surface area contributed by atoms with Crippen molar-refractivity contribution in [3.63, 3.8) is 0 Å². The fraction of sp³-hybridized carbons (Fsp3) is 0.0455. The third-order valence-corrected chi connectivity index (χ3v) is 4.66. The molecule has 31 heavy (non-hydrogen) atoms. The molecular weight excluding hydrogens is 402 g/mol. The van der Waals surface area contributed by atoms with Crippen LogP contribution < -0.4 is 5.01 Å². The number of anilines is 1. The van der Waals surface area contributed by atoms with Crippen molar-refractivity contribution < 1.29 is 24.0 Å². The van der Waals surface area contributed by atoms with Gasteiger partial charge in [0.15, 0.2) is 0 Å². The Morgan fingerprint density at radius 3 is 2.68 bits per heavy atom. The summed E-state index contributed by atoms with van der Waals surface area (Å²) in [7, 11) is 0. The lowest BCUT2D eigenvalue weighted by molar-refractivity contribution is -0.384. The minimum Gasteiger partial charge on any atom is -0.478 e. The minimum atomic E-state index is -1.10. The Balaban J connectivity index is 1.62. The number of hydrazone groups is 1. The van der Waals surface area contributed by atoms with Gasteiger partial charge in [-0.2, -0.15) is 10.1 Å². The van der Waals surface area contributed by atoms with Crippen LogP contribution in [0.2, 0.25) is 0 Å². The molecule has 0 aliphatic carbocycles. The molecule has 0 atom stereocenters. The highest BCUT2D eigenvalue weighted by atomic mass is 16.6. The molecule has 4 rings (SSSR count). The van der Waals surface area contributed by atoms with Crippen LogP contribution in [-0.4, -0.2) is 27.6 Å². The lowest BCUT2D eigenvalue weighted by Crippen LogP contribution is -2.21. The number of carbonyl (C=O) groups is 2. The molecule has 1 amide bonds. The molecule has 1 N–H and O–H groups in total. The summed E-state index contributed by atoms with van der Waals surface area (Å²) in [5, 5.41) is 25.5. The van der Waals surface area contributed by atoms with Crippen LogP contribution in [0.1, 0.15) is 23.0 Å². The monoisotopic (exact) mass is 417 g/mol. The van der Waals surface area contributed by atoms with Crippen molar-refractivity contribution in [2.75, 3.05) is 5.01 Å². The summed E-state index contributed by atoms with van der Waals surface area (Å²) >= 11 is 0. The van der Waals surface area contributed by atoms with Gasteiger partial charge in [-0.15, -0.1) is 0 Å². The summed E-state index contributed by atoms with van der Waals surface area (Å²) in [5.41, 5.74) is 1.60. The zero-order valence-electron chi connectivity index (χ0n) is 16.2. The van der Waals surface area contributed by atoms with E-state index in [9.17, 15) is 19.7 Å². The second kappa shape index (κ2) is 7.71. The molecule has 2 aromatic carbocycles. The zero-order chi connectivity index (χ0) is 22.1. The molecule has 0 spiro atoms. The van der Waals surface area contributed by atoms with Gasteiger partial charge in [-0.05, 0) is 43.3 Å². The maximum Gasteiger partial charge on any atom is 0.335 e. The molecule has 0 saturated carbocycles.